The van der Waals surface area contributed by atoms with Crippen LogP contribution >= 0.6 is 0 Å². The highest BCUT2D eigenvalue weighted by Crippen LogP contribution is 2.44. The minimum atomic E-state index is 0.140. The Labute approximate surface area is 153 Å². The second kappa shape index (κ2) is 6.35. The Kier molecular flexibility index (Phi) is 3.84. The molecular weight excluding hydrogens is 326 g/mol. The number of carbonyl (C=O) groups excluding carboxylic acids is 1. The Hall–Kier alpha value is -2.49. The van der Waals surface area contributed by atoms with E-state index >= 15 is 0 Å². The van der Waals surface area contributed by atoms with Crippen LogP contribution in [0.15, 0.2) is 48.5 Å². The fourth-order valence-electron chi connectivity index (χ4n) is 4.83. The first-order chi connectivity index (χ1) is 12.8. The second-order valence-corrected chi connectivity index (χ2v) is 7.53. The molecular formula is C22H23NO3. The minimum Gasteiger partial charge on any atom is -0.486 e. The number of piperidine rings is 1. The molecule has 2 aromatic carbocycles. The van der Waals surface area contributed by atoms with Gasteiger partial charge in [-0.15, -0.1) is 0 Å². The molecule has 0 aliphatic carbocycles. The van der Waals surface area contributed by atoms with Crippen LogP contribution in [0.5, 0.6) is 11.5 Å². The van der Waals surface area contributed by atoms with Gasteiger partial charge in [-0.1, -0.05) is 30.3 Å². The van der Waals surface area contributed by atoms with Crippen LogP contribution < -0.4 is 9.47 Å². The van der Waals surface area contributed by atoms with Crippen molar-refractivity contribution in [2.24, 2.45) is 0 Å². The van der Waals surface area contributed by atoms with Gasteiger partial charge in [0.2, 0.25) is 0 Å². The Balaban J connectivity index is 1.37. The number of ether oxygens (including phenoxy) is 2. The zero-order valence-electron chi connectivity index (χ0n) is 14.8. The van der Waals surface area contributed by atoms with Crippen molar-refractivity contribution in [2.75, 3.05) is 13.2 Å². The molecule has 26 heavy (non-hydrogen) atoms. The van der Waals surface area contributed by atoms with Gasteiger partial charge in [-0.25, -0.2) is 0 Å². The fourth-order valence-corrected chi connectivity index (χ4v) is 4.83. The molecule has 3 heterocycles. The van der Waals surface area contributed by atoms with Gasteiger partial charge < -0.3 is 14.4 Å². The normalized spacial score (nSPS) is 26.6. The van der Waals surface area contributed by atoms with Crippen molar-refractivity contribution in [1.82, 2.24) is 4.90 Å². The van der Waals surface area contributed by atoms with Gasteiger partial charge in [0, 0.05) is 17.6 Å². The number of rotatable bonds is 2. The third-order valence-electron chi connectivity index (χ3n) is 6.03. The van der Waals surface area contributed by atoms with Crippen LogP contribution in [0.1, 0.15) is 47.5 Å². The highest BCUT2D eigenvalue weighted by Gasteiger charge is 2.43. The molecule has 3 aliphatic rings. The number of nitrogens with zero attached hydrogens (tertiary/aromatic N) is 1. The van der Waals surface area contributed by atoms with Crippen LogP contribution in [0.3, 0.4) is 0 Å². The van der Waals surface area contributed by atoms with Crippen molar-refractivity contribution in [3.05, 3.63) is 59.7 Å². The zero-order chi connectivity index (χ0) is 17.5. The molecule has 0 aromatic heterocycles. The average Bonchev–Trinajstić information content (AvgIpc) is 2.97. The molecule has 2 atom stereocenters. The maximum absolute atomic E-state index is 13.2. The Morgan fingerprint density at radius 1 is 0.885 bits per heavy atom. The first-order valence-electron chi connectivity index (χ1n) is 9.57. The summed E-state index contributed by atoms with van der Waals surface area (Å²) in [5.74, 6) is 2.13. The lowest BCUT2D eigenvalue weighted by Gasteiger charge is -2.39. The molecule has 2 fully saturated rings. The summed E-state index contributed by atoms with van der Waals surface area (Å²) in [6.45, 7) is 1.11. The Morgan fingerprint density at radius 2 is 1.58 bits per heavy atom. The van der Waals surface area contributed by atoms with E-state index in [9.17, 15) is 4.79 Å². The number of hydrogen-bond donors (Lipinski definition) is 0. The molecule has 2 saturated heterocycles. The van der Waals surface area contributed by atoms with Crippen molar-refractivity contribution in [1.29, 1.82) is 0 Å². The molecule has 3 aliphatic heterocycles. The number of fused-ring (bicyclic) bond motifs is 3. The van der Waals surface area contributed by atoms with Crippen molar-refractivity contribution in [2.45, 2.75) is 43.7 Å². The molecule has 0 N–H and O–H groups in total. The van der Waals surface area contributed by atoms with E-state index in [1.54, 1.807) is 0 Å². The van der Waals surface area contributed by atoms with Gasteiger partial charge in [0.1, 0.15) is 13.2 Å². The topological polar surface area (TPSA) is 38.8 Å². The lowest BCUT2D eigenvalue weighted by atomic mass is 9.85. The van der Waals surface area contributed by atoms with Crippen LogP contribution in [0.4, 0.5) is 0 Å². The van der Waals surface area contributed by atoms with Crippen LogP contribution in [-0.4, -0.2) is 36.1 Å². The highest BCUT2D eigenvalue weighted by atomic mass is 16.6. The van der Waals surface area contributed by atoms with Crippen molar-refractivity contribution in [3.63, 3.8) is 0 Å². The summed E-state index contributed by atoms with van der Waals surface area (Å²) in [5.41, 5.74) is 2.13. The van der Waals surface area contributed by atoms with Crippen LogP contribution in [0.2, 0.25) is 0 Å². The number of carbonyl (C=O) groups is 1. The molecule has 2 unspecified atom stereocenters. The van der Waals surface area contributed by atoms with Crippen molar-refractivity contribution >= 4 is 5.91 Å². The van der Waals surface area contributed by atoms with Gasteiger partial charge in [0.25, 0.3) is 5.91 Å². The molecule has 4 nitrogen and oxygen atoms in total. The summed E-state index contributed by atoms with van der Waals surface area (Å²) >= 11 is 0. The van der Waals surface area contributed by atoms with E-state index in [4.69, 9.17) is 9.47 Å². The molecule has 5 rings (SSSR count). The summed E-state index contributed by atoms with van der Waals surface area (Å²) in [4.78, 5) is 15.4. The summed E-state index contributed by atoms with van der Waals surface area (Å²) in [6.07, 6.45) is 4.36. The summed E-state index contributed by atoms with van der Waals surface area (Å²) in [5, 5.41) is 0. The molecule has 0 radical (unpaired) electrons. The average molecular weight is 349 g/mol. The first-order valence-corrected chi connectivity index (χ1v) is 9.57. The SMILES string of the molecule is O=C(c1ccc2c(c1)OCCO2)N1C2CCC1CC(c1ccccc1)C2. The smallest absolute Gasteiger partial charge is 0.254 e. The van der Waals surface area contributed by atoms with Crippen LogP contribution in [0, 0.1) is 0 Å². The van der Waals surface area contributed by atoms with E-state index in [1.807, 2.05) is 18.2 Å². The second-order valence-electron chi connectivity index (χ2n) is 7.53. The van der Waals surface area contributed by atoms with E-state index in [-0.39, 0.29) is 5.91 Å². The monoisotopic (exact) mass is 349 g/mol. The van der Waals surface area contributed by atoms with E-state index in [0.717, 1.165) is 31.4 Å². The standard InChI is InChI=1S/C22H23NO3/c24-22(16-6-9-20-21(14-16)26-11-10-25-20)23-18-7-8-19(23)13-17(12-18)15-4-2-1-3-5-15/h1-6,9,14,17-19H,7-8,10-13H2. The highest BCUT2D eigenvalue weighted by molar-refractivity contribution is 5.95. The van der Waals surface area contributed by atoms with E-state index in [0.29, 0.717) is 42.5 Å². The van der Waals surface area contributed by atoms with Crippen molar-refractivity contribution in [3.8, 4) is 11.5 Å². The molecule has 2 aromatic rings. The van der Waals surface area contributed by atoms with E-state index in [1.165, 1.54) is 5.56 Å². The van der Waals surface area contributed by atoms with Gasteiger partial charge in [-0.05, 0) is 55.4 Å². The molecule has 2 bridgehead atoms. The van der Waals surface area contributed by atoms with Crippen molar-refractivity contribution < 1.29 is 14.3 Å². The molecule has 134 valence electrons. The van der Waals surface area contributed by atoms with E-state index in [2.05, 4.69) is 35.2 Å². The van der Waals surface area contributed by atoms with Gasteiger partial charge in [-0.2, -0.15) is 0 Å². The number of hydrogen-bond acceptors (Lipinski definition) is 3. The quantitative estimate of drug-likeness (QED) is 0.822. The third kappa shape index (κ3) is 2.64. The van der Waals surface area contributed by atoms with Gasteiger partial charge in [-0.3, -0.25) is 4.79 Å². The Morgan fingerprint density at radius 3 is 2.31 bits per heavy atom. The van der Waals surface area contributed by atoms with Crippen LogP contribution in [0.25, 0.3) is 0 Å². The predicted octanol–water partition coefficient (Wildman–Crippen LogP) is 4.01. The summed E-state index contributed by atoms with van der Waals surface area (Å²) < 4.78 is 11.2. The third-order valence-corrected chi connectivity index (χ3v) is 6.03. The maximum atomic E-state index is 13.2. The van der Waals surface area contributed by atoms with Gasteiger partial charge in [0.15, 0.2) is 11.5 Å². The maximum Gasteiger partial charge on any atom is 0.254 e. The Bertz CT molecular complexity index is 805. The molecule has 0 saturated carbocycles. The van der Waals surface area contributed by atoms with Crippen LogP contribution in [-0.2, 0) is 0 Å². The zero-order valence-corrected chi connectivity index (χ0v) is 14.8. The number of benzene rings is 2. The number of amides is 1. The van der Waals surface area contributed by atoms with Gasteiger partial charge >= 0.3 is 0 Å². The fraction of sp³-hybridized carbons (Fsp3) is 0.409. The summed E-state index contributed by atoms with van der Waals surface area (Å²) in [7, 11) is 0. The predicted molar refractivity (Wildman–Crippen MR) is 98.8 cm³/mol. The largest absolute Gasteiger partial charge is 0.486 e. The minimum absolute atomic E-state index is 0.140. The van der Waals surface area contributed by atoms with E-state index < -0.39 is 0 Å². The molecule has 0 spiro atoms. The summed E-state index contributed by atoms with van der Waals surface area (Å²) in [6, 6.07) is 17.0. The molecule has 1 amide bonds. The molecule has 4 heteroatoms. The lowest BCUT2D eigenvalue weighted by Crippen LogP contribution is -2.46. The lowest BCUT2D eigenvalue weighted by molar-refractivity contribution is 0.0570. The first kappa shape index (κ1) is 15.7. The van der Waals surface area contributed by atoms with Gasteiger partial charge in [0.05, 0.1) is 0 Å².